The molecule has 2 heterocycles. The van der Waals surface area contributed by atoms with Gasteiger partial charge < -0.3 is 20.3 Å². The zero-order chi connectivity index (χ0) is 22.3. The Kier molecular flexibility index (Phi) is 7.14. The quantitative estimate of drug-likeness (QED) is 0.695. The van der Waals surface area contributed by atoms with Gasteiger partial charge in [0.2, 0.25) is 17.7 Å². The van der Waals surface area contributed by atoms with Gasteiger partial charge in [0.1, 0.15) is 0 Å². The number of hydrogen-bond acceptors (Lipinski definition) is 5. The lowest BCUT2D eigenvalue weighted by Gasteiger charge is -2.25. The summed E-state index contributed by atoms with van der Waals surface area (Å²) in [5.74, 6) is -0.0434. The summed E-state index contributed by atoms with van der Waals surface area (Å²) < 4.78 is 5.29. The summed E-state index contributed by atoms with van der Waals surface area (Å²) >= 11 is 0. The number of amides is 3. The third-order valence-electron chi connectivity index (χ3n) is 5.61. The van der Waals surface area contributed by atoms with E-state index < -0.39 is 0 Å². The fourth-order valence-electron chi connectivity index (χ4n) is 3.91. The van der Waals surface area contributed by atoms with Crippen molar-refractivity contribution in [1.29, 1.82) is 0 Å². The molecule has 2 fully saturated rings. The van der Waals surface area contributed by atoms with E-state index in [2.05, 4.69) is 15.5 Å². The Morgan fingerprint density at radius 2 is 1.47 bits per heavy atom. The largest absolute Gasteiger partial charge is 0.379 e. The minimum absolute atomic E-state index is 0.0669. The number of hydrogen-bond donors (Lipinski definition) is 2. The second-order valence-electron chi connectivity index (χ2n) is 8.05. The van der Waals surface area contributed by atoms with Crippen LogP contribution in [0.2, 0.25) is 0 Å². The average Bonchev–Trinajstić information content (AvgIpc) is 3.22. The molecule has 2 aliphatic heterocycles. The van der Waals surface area contributed by atoms with Crippen molar-refractivity contribution in [2.24, 2.45) is 0 Å². The summed E-state index contributed by atoms with van der Waals surface area (Å²) in [6.45, 7) is 3.93. The van der Waals surface area contributed by atoms with Crippen molar-refractivity contribution in [3.8, 4) is 0 Å². The third kappa shape index (κ3) is 5.93. The molecule has 2 saturated heterocycles. The molecule has 0 bridgehead atoms. The maximum Gasteiger partial charge on any atom is 0.238 e. The van der Waals surface area contributed by atoms with Gasteiger partial charge in [-0.3, -0.25) is 19.3 Å². The lowest BCUT2D eigenvalue weighted by molar-refractivity contribution is -0.118. The third-order valence-corrected chi connectivity index (χ3v) is 5.61. The van der Waals surface area contributed by atoms with Gasteiger partial charge in [-0.25, -0.2) is 0 Å². The number of anilines is 3. The van der Waals surface area contributed by atoms with Crippen LogP contribution < -0.4 is 15.5 Å². The van der Waals surface area contributed by atoms with Crippen molar-refractivity contribution in [3.63, 3.8) is 0 Å². The Balaban J connectivity index is 1.24. The van der Waals surface area contributed by atoms with Crippen LogP contribution in [-0.4, -0.2) is 62.0 Å². The Labute approximate surface area is 187 Å². The number of nitrogens with one attached hydrogen (secondary N) is 2. The van der Waals surface area contributed by atoms with Crippen molar-refractivity contribution < 1.29 is 19.1 Å². The fourth-order valence-corrected chi connectivity index (χ4v) is 3.91. The van der Waals surface area contributed by atoms with Crippen LogP contribution in [0, 0.1) is 0 Å². The number of carbonyl (C=O) groups is 3. The first-order valence-corrected chi connectivity index (χ1v) is 11.0. The van der Waals surface area contributed by atoms with Crippen molar-refractivity contribution in [2.45, 2.75) is 19.3 Å². The fraction of sp³-hybridized carbons (Fsp3) is 0.375. The SMILES string of the molecule is O=C(Cc1ccc(N2CCCC2=O)cc1)Nc1ccc(NC(=O)CN2CCOCC2)cc1. The van der Waals surface area contributed by atoms with Gasteiger partial charge in [0, 0.05) is 43.1 Å². The molecule has 32 heavy (non-hydrogen) atoms. The topological polar surface area (TPSA) is 91.0 Å². The highest BCUT2D eigenvalue weighted by molar-refractivity contribution is 5.96. The number of carbonyl (C=O) groups excluding carboxylic acids is 3. The molecular weight excluding hydrogens is 408 g/mol. The maximum atomic E-state index is 12.4. The number of morpholine rings is 1. The van der Waals surface area contributed by atoms with Gasteiger partial charge in [0.25, 0.3) is 0 Å². The van der Waals surface area contributed by atoms with Crippen molar-refractivity contribution in [3.05, 3.63) is 54.1 Å². The lowest BCUT2D eigenvalue weighted by atomic mass is 10.1. The molecule has 2 aromatic rings. The van der Waals surface area contributed by atoms with Crippen molar-refractivity contribution in [1.82, 2.24) is 4.90 Å². The molecule has 168 valence electrons. The van der Waals surface area contributed by atoms with E-state index >= 15 is 0 Å². The summed E-state index contributed by atoms with van der Waals surface area (Å²) in [7, 11) is 0. The molecule has 0 unspecified atom stereocenters. The molecule has 4 rings (SSSR count). The molecule has 0 spiro atoms. The summed E-state index contributed by atoms with van der Waals surface area (Å²) in [5, 5.41) is 5.75. The molecule has 0 radical (unpaired) electrons. The standard InChI is InChI=1S/C24H28N4O4/c29-22(16-18-3-9-21(10-4-18)28-11-1-2-24(28)31)25-19-5-7-20(8-6-19)26-23(30)17-27-12-14-32-15-13-27/h3-10H,1-2,11-17H2,(H,25,29)(H,26,30). The van der Waals surface area contributed by atoms with E-state index in [0.29, 0.717) is 37.6 Å². The summed E-state index contributed by atoms with van der Waals surface area (Å²) in [6, 6.07) is 14.6. The number of nitrogens with zero attached hydrogens (tertiary/aromatic N) is 2. The van der Waals surface area contributed by atoms with Crippen LogP contribution in [0.3, 0.4) is 0 Å². The summed E-state index contributed by atoms with van der Waals surface area (Å²) in [6.07, 6.45) is 1.73. The van der Waals surface area contributed by atoms with Gasteiger partial charge in [-0.1, -0.05) is 12.1 Å². The maximum absolute atomic E-state index is 12.4. The van der Waals surface area contributed by atoms with Crippen LogP contribution in [0.15, 0.2) is 48.5 Å². The Morgan fingerprint density at radius 1 is 0.844 bits per heavy atom. The van der Waals surface area contributed by atoms with Gasteiger partial charge in [-0.05, 0) is 48.4 Å². The van der Waals surface area contributed by atoms with E-state index in [1.54, 1.807) is 29.2 Å². The van der Waals surface area contributed by atoms with E-state index in [4.69, 9.17) is 4.74 Å². The predicted octanol–water partition coefficient (Wildman–Crippen LogP) is 2.27. The van der Waals surface area contributed by atoms with E-state index in [9.17, 15) is 14.4 Å². The number of rotatable bonds is 7. The van der Waals surface area contributed by atoms with E-state index in [-0.39, 0.29) is 24.1 Å². The highest BCUT2D eigenvalue weighted by atomic mass is 16.5. The molecular formula is C24H28N4O4. The van der Waals surface area contributed by atoms with Gasteiger partial charge in [-0.2, -0.15) is 0 Å². The first-order chi connectivity index (χ1) is 15.6. The Hall–Kier alpha value is -3.23. The Bertz CT molecular complexity index is 953. The van der Waals surface area contributed by atoms with Crippen molar-refractivity contribution in [2.75, 3.05) is 54.9 Å². The van der Waals surface area contributed by atoms with Crippen LogP contribution in [0.4, 0.5) is 17.1 Å². The highest BCUT2D eigenvalue weighted by Gasteiger charge is 2.21. The molecule has 8 nitrogen and oxygen atoms in total. The smallest absolute Gasteiger partial charge is 0.238 e. The average molecular weight is 437 g/mol. The number of benzene rings is 2. The highest BCUT2D eigenvalue weighted by Crippen LogP contribution is 2.22. The molecule has 0 aliphatic carbocycles. The second-order valence-corrected chi connectivity index (χ2v) is 8.05. The summed E-state index contributed by atoms with van der Waals surface area (Å²) in [4.78, 5) is 40.3. The van der Waals surface area contributed by atoms with Gasteiger partial charge in [-0.15, -0.1) is 0 Å². The monoisotopic (exact) mass is 436 g/mol. The summed E-state index contributed by atoms with van der Waals surface area (Å²) in [5.41, 5.74) is 3.11. The second kappa shape index (κ2) is 10.4. The first kappa shape index (κ1) is 22.0. The van der Waals surface area contributed by atoms with Crippen molar-refractivity contribution >= 4 is 34.8 Å². The van der Waals surface area contributed by atoms with E-state index in [1.165, 1.54) is 0 Å². The Morgan fingerprint density at radius 3 is 2.06 bits per heavy atom. The van der Waals surface area contributed by atoms with Crippen LogP contribution in [-0.2, 0) is 25.5 Å². The molecule has 3 amide bonds. The molecule has 0 atom stereocenters. The molecule has 2 N–H and O–H groups in total. The van der Waals surface area contributed by atoms with Crippen LogP contribution in [0.25, 0.3) is 0 Å². The zero-order valence-electron chi connectivity index (χ0n) is 18.0. The van der Waals surface area contributed by atoms with Crippen LogP contribution in [0.5, 0.6) is 0 Å². The van der Waals surface area contributed by atoms with Gasteiger partial charge >= 0.3 is 0 Å². The minimum Gasteiger partial charge on any atom is -0.379 e. The molecule has 0 aromatic heterocycles. The van der Waals surface area contributed by atoms with Gasteiger partial charge in [0.05, 0.1) is 26.2 Å². The minimum atomic E-state index is -0.126. The molecule has 0 saturated carbocycles. The molecule has 2 aliphatic rings. The predicted molar refractivity (Wildman–Crippen MR) is 123 cm³/mol. The van der Waals surface area contributed by atoms with E-state index in [0.717, 1.165) is 37.3 Å². The van der Waals surface area contributed by atoms with Crippen LogP contribution >= 0.6 is 0 Å². The number of ether oxygens (including phenoxy) is 1. The normalized spacial score (nSPS) is 16.8. The van der Waals surface area contributed by atoms with Crippen LogP contribution in [0.1, 0.15) is 18.4 Å². The molecule has 2 aromatic carbocycles. The lowest BCUT2D eigenvalue weighted by Crippen LogP contribution is -2.41. The van der Waals surface area contributed by atoms with E-state index in [1.807, 2.05) is 24.3 Å². The first-order valence-electron chi connectivity index (χ1n) is 11.0. The zero-order valence-corrected chi connectivity index (χ0v) is 18.0. The van der Waals surface area contributed by atoms with Gasteiger partial charge in [0.15, 0.2) is 0 Å². The molecule has 8 heteroatoms.